The number of nitrogens with one attached hydrogen (secondary N) is 1. The molecule has 1 aliphatic carbocycles. The molecule has 5 nitrogen and oxygen atoms in total. The first-order valence-corrected chi connectivity index (χ1v) is 12.7. The molecule has 0 spiro atoms. The van der Waals surface area contributed by atoms with Gasteiger partial charge in [0.05, 0.1) is 23.1 Å². The van der Waals surface area contributed by atoms with Crippen molar-refractivity contribution in [2.24, 2.45) is 0 Å². The van der Waals surface area contributed by atoms with Gasteiger partial charge in [-0.2, -0.15) is 0 Å². The van der Waals surface area contributed by atoms with Crippen molar-refractivity contribution in [3.63, 3.8) is 0 Å². The molecule has 3 atom stereocenters. The van der Waals surface area contributed by atoms with E-state index in [1.165, 1.54) is 23.3 Å². The molecule has 0 saturated heterocycles. The Labute approximate surface area is 193 Å². The zero-order chi connectivity index (χ0) is 22.3. The van der Waals surface area contributed by atoms with Crippen LogP contribution < -0.4 is 9.62 Å². The van der Waals surface area contributed by atoms with Gasteiger partial charge in [0, 0.05) is 16.4 Å². The van der Waals surface area contributed by atoms with Crippen LogP contribution in [0.25, 0.3) is 0 Å². The first-order chi connectivity index (χ1) is 15.4. The SMILES string of the molecule is O=S(=O)(NC1CCC(N2c3ccccc3CCc3ccccc32)C1O)c1ccc(Cl)cc1. The number of para-hydroxylation sites is 2. The Kier molecular flexibility index (Phi) is 5.72. The highest BCUT2D eigenvalue weighted by atomic mass is 35.5. The Morgan fingerprint density at radius 1 is 0.844 bits per heavy atom. The molecule has 3 aromatic carbocycles. The largest absolute Gasteiger partial charge is 0.389 e. The zero-order valence-electron chi connectivity index (χ0n) is 17.5. The van der Waals surface area contributed by atoms with Gasteiger partial charge in [-0.1, -0.05) is 48.0 Å². The van der Waals surface area contributed by atoms with Crippen LogP contribution in [0.4, 0.5) is 11.4 Å². The molecule has 7 heteroatoms. The summed E-state index contributed by atoms with van der Waals surface area (Å²) in [4.78, 5) is 2.36. The van der Waals surface area contributed by atoms with E-state index in [0.29, 0.717) is 17.9 Å². The highest BCUT2D eigenvalue weighted by Crippen LogP contribution is 2.41. The van der Waals surface area contributed by atoms with Gasteiger partial charge in [0.15, 0.2) is 0 Å². The van der Waals surface area contributed by atoms with Crippen LogP contribution in [-0.2, 0) is 22.9 Å². The molecule has 1 fully saturated rings. The van der Waals surface area contributed by atoms with Gasteiger partial charge in [0.2, 0.25) is 10.0 Å². The number of aliphatic hydroxyl groups is 1. The van der Waals surface area contributed by atoms with Crippen LogP contribution in [0.3, 0.4) is 0 Å². The third-order valence-electron chi connectivity index (χ3n) is 6.51. The Balaban J connectivity index is 1.46. The van der Waals surface area contributed by atoms with Gasteiger partial charge in [0.25, 0.3) is 0 Å². The van der Waals surface area contributed by atoms with Gasteiger partial charge in [-0.05, 0) is 73.2 Å². The van der Waals surface area contributed by atoms with E-state index >= 15 is 0 Å². The fourth-order valence-corrected chi connectivity index (χ4v) is 6.33. The second-order valence-corrected chi connectivity index (χ2v) is 10.6. The van der Waals surface area contributed by atoms with Crippen LogP contribution in [0.15, 0.2) is 77.7 Å². The molecular weight excluding hydrogens is 444 g/mol. The molecule has 5 rings (SSSR count). The monoisotopic (exact) mass is 468 g/mol. The third-order valence-corrected chi connectivity index (χ3v) is 8.27. The smallest absolute Gasteiger partial charge is 0.240 e. The van der Waals surface area contributed by atoms with Crippen LogP contribution in [0.2, 0.25) is 5.02 Å². The van der Waals surface area contributed by atoms with E-state index in [0.717, 1.165) is 24.2 Å². The van der Waals surface area contributed by atoms with Gasteiger partial charge in [-0.15, -0.1) is 0 Å². The number of benzene rings is 3. The summed E-state index contributed by atoms with van der Waals surface area (Å²) in [6, 6.07) is 21.8. The van der Waals surface area contributed by atoms with E-state index in [1.807, 2.05) is 24.3 Å². The van der Waals surface area contributed by atoms with Crippen LogP contribution in [0, 0.1) is 0 Å². The second-order valence-electron chi connectivity index (χ2n) is 8.44. The minimum Gasteiger partial charge on any atom is -0.389 e. The third kappa shape index (κ3) is 3.92. The number of fused-ring (bicyclic) bond motifs is 2. The second kappa shape index (κ2) is 8.52. The summed E-state index contributed by atoms with van der Waals surface area (Å²) in [7, 11) is -3.76. The minimum atomic E-state index is -3.76. The Morgan fingerprint density at radius 2 is 1.41 bits per heavy atom. The average molecular weight is 469 g/mol. The summed E-state index contributed by atoms with van der Waals surface area (Å²) in [5.74, 6) is 0. The maximum absolute atomic E-state index is 12.9. The van der Waals surface area contributed by atoms with Crippen LogP contribution >= 0.6 is 11.6 Å². The number of sulfonamides is 1. The van der Waals surface area contributed by atoms with Crippen molar-refractivity contribution in [1.29, 1.82) is 0 Å². The maximum Gasteiger partial charge on any atom is 0.240 e. The fourth-order valence-electron chi connectivity index (χ4n) is 4.92. The van der Waals surface area contributed by atoms with Crippen LogP contribution in [0.1, 0.15) is 24.0 Å². The van der Waals surface area contributed by atoms with E-state index in [-0.39, 0.29) is 10.9 Å². The van der Waals surface area contributed by atoms with Gasteiger partial charge < -0.3 is 10.0 Å². The lowest BCUT2D eigenvalue weighted by molar-refractivity contribution is 0.142. The van der Waals surface area contributed by atoms with Gasteiger partial charge >= 0.3 is 0 Å². The summed E-state index contributed by atoms with van der Waals surface area (Å²) in [5.41, 5.74) is 4.65. The zero-order valence-corrected chi connectivity index (χ0v) is 19.1. The lowest BCUT2D eigenvalue weighted by Crippen LogP contribution is -2.47. The van der Waals surface area contributed by atoms with Crippen molar-refractivity contribution in [1.82, 2.24) is 4.72 Å². The van der Waals surface area contributed by atoms with Crippen molar-refractivity contribution in [3.8, 4) is 0 Å². The molecule has 3 unspecified atom stereocenters. The molecular formula is C25H25ClN2O3S. The Hall–Kier alpha value is -2.38. The molecule has 1 saturated carbocycles. The number of halogens is 1. The first kappa shape index (κ1) is 21.5. The quantitative estimate of drug-likeness (QED) is 0.593. The van der Waals surface area contributed by atoms with Crippen LogP contribution in [-0.4, -0.2) is 31.7 Å². The van der Waals surface area contributed by atoms with Gasteiger partial charge in [-0.25, -0.2) is 13.1 Å². The maximum atomic E-state index is 12.9. The first-order valence-electron chi connectivity index (χ1n) is 10.8. The highest BCUT2D eigenvalue weighted by molar-refractivity contribution is 7.89. The van der Waals surface area contributed by atoms with Crippen molar-refractivity contribution in [2.75, 3.05) is 4.90 Å². The molecule has 32 heavy (non-hydrogen) atoms. The van der Waals surface area contributed by atoms with Crippen molar-refractivity contribution in [2.45, 2.75) is 48.8 Å². The van der Waals surface area contributed by atoms with Crippen LogP contribution in [0.5, 0.6) is 0 Å². The predicted octanol–water partition coefficient (Wildman–Crippen LogP) is 4.45. The summed E-state index contributed by atoms with van der Waals surface area (Å²) < 4.78 is 28.5. The minimum absolute atomic E-state index is 0.142. The standard InChI is InChI=1S/C25H25ClN2O3S/c26-19-11-13-20(14-12-19)32(30,31)27-21-15-16-24(25(21)29)28-22-7-3-1-5-17(22)9-10-18-6-2-4-8-23(18)28/h1-8,11-14,21,24-25,27,29H,9-10,15-16H2. The summed E-state index contributed by atoms with van der Waals surface area (Å²) >= 11 is 5.90. The molecule has 2 N–H and O–H groups in total. The topological polar surface area (TPSA) is 69.6 Å². The lowest BCUT2D eigenvalue weighted by atomic mass is 10.0. The summed E-state index contributed by atoms with van der Waals surface area (Å²) in [6.07, 6.45) is 2.24. The Bertz CT molecular complexity index is 1180. The molecule has 0 bridgehead atoms. The van der Waals surface area contributed by atoms with Gasteiger partial charge in [0.1, 0.15) is 0 Å². The lowest BCUT2D eigenvalue weighted by Gasteiger charge is -2.35. The van der Waals surface area contributed by atoms with Crippen molar-refractivity contribution in [3.05, 3.63) is 88.9 Å². The molecule has 2 aliphatic rings. The van der Waals surface area contributed by atoms with Crippen molar-refractivity contribution < 1.29 is 13.5 Å². The van der Waals surface area contributed by atoms with Crippen molar-refractivity contribution >= 4 is 33.0 Å². The van der Waals surface area contributed by atoms with E-state index in [2.05, 4.69) is 33.9 Å². The van der Waals surface area contributed by atoms with E-state index in [9.17, 15) is 13.5 Å². The number of nitrogens with zero attached hydrogens (tertiary/aromatic N) is 1. The Morgan fingerprint density at radius 3 is 2.00 bits per heavy atom. The molecule has 1 aliphatic heterocycles. The molecule has 3 aromatic rings. The van der Waals surface area contributed by atoms with E-state index in [1.54, 1.807) is 12.1 Å². The summed E-state index contributed by atoms with van der Waals surface area (Å²) in [6.45, 7) is 0. The normalized spacial score (nSPS) is 22.8. The number of aliphatic hydroxyl groups excluding tert-OH is 1. The van der Waals surface area contributed by atoms with E-state index < -0.39 is 22.2 Å². The molecule has 0 radical (unpaired) electrons. The fraction of sp³-hybridized carbons (Fsp3) is 0.280. The predicted molar refractivity (Wildman–Crippen MR) is 127 cm³/mol. The highest BCUT2D eigenvalue weighted by Gasteiger charge is 2.42. The number of hydrogen-bond acceptors (Lipinski definition) is 4. The molecule has 166 valence electrons. The van der Waals surface area contributed by atoms with Gasteiger partial charge in [-0.3, -0.25) is 0 Å². The molecule has 0 aromatic heterocycles. The molecule has 0 amide bonds. The number of anilines is 2. The summed E-state index contributed by atoms with van der Waals surface area (Å²) in [5, 5.41) is 11.8. The molecule has 1 heterocycles. The number of aryl methyl sites for hydroxylation is 2. The average Bonchev–Trinajstić information content (AvgIpc) is 3.04. The number of hydrogen-bond donors (Lipinski definition) is 2. The van der Waals surface area contributed by atoms with E-state index in [4.69, 9.17) is 11.6 Å². The number of rotatable bonds is 4.